The van der Waals surface area contributed by atoms with Crippen molar-refractivity contribution in [2.24, 2.45) is 5.92 Å². The Hall–Kier alpha value is -1.85. The number of carbonyl (C=O) groups excluding carboxylic acids is 1. The van der Waals surface area contributed by atoms with Crippen LogP contribution in [0.2, 0.25) is 0 Å². The van der Waals surface area contributed by atoms with Crippen LogP contribution in [0.15, 0.2) is 18.2 Å². The van der Waals surface area contributed by atoms with Crippen LogP contribution in [0.25, 0.3) is 0 Å². The molecule has 1 aliphatic heterocycles. The first-order valence-electron chi connectivity index (χ1n) is 8.68. The summed E-state index contributed by atoms with van der Waals surface area (Å²) in [5.41, 5.74) is 0.811. The summed E-state index contributed by atoms with van der Waals surface area (Å²) >= 11 is 0. The molecule has 150 valence electrons. The van der Waals surface area contributed by atoms with Gasteiger partial charge in [-0.1, -0.05) is 18.9 Å². The predicted molar refractivity (Wildman–Crippen MR) is 99.9 cm³/mol. The largest absolute Gasteiger partial charge is 0.506 e. The smallest absolute Gasteiger partial charge is 0.326 e. The molecule has 3 N–H and O–H groups in total. The molecule has 0 bridgehead atoms. The van der Waals surface area contributed by atoms with Gasteiger partial charge < -0.3 is 5.11 Å². The molecule has 2 atom stereocenters. The van der Waals surface area contributed by atoms with Crippen molar-refractivity contribution in [3.8, 4) is 5.75 Å². The van der Waals surface area contributed by atoms with Crippen LogP contribution < -0.4 is 13.7 Å². The topological polar surface area (TPSA) is 133 Å². The maximum Gasteiger partial charge on any atom is 0.326 e. The molecule has 2 unspecified atom stereocenters. The first kappa shape index (κ1) is 19.9. The Morgan fingerprint density at radius 2 is 2.00 bits per heavy atom. The van der Waals surface area contributed by atoms with Crippen molar-refractivity contribution >= 4 is 31.8 Å². The number of nitrogens with one attached hydrogen (secondary N) is 2. The first-order valence-corrected chi connectivity index (χ1v) is 12.0. The van der Waals surface area contributed by atoms with Crippen molar-refractivity contribution < 1.29 is 26.7 Å². The third kappa shape index (κ3) is 4.71. The highest BCUT2D eigenvalue weighted by molar-refractivity contribution is 7.92. The lowest BCUT2D eigenvalue weighted by Gasteiger charge is -2.31. The van der Waals surface area contributed by atoms with Crippen LogP contribution in [0.1, 0.15) is 31.2 Å². The van der Waals surface area contributed by atoms with E-state index in [0.717, 1.165) is 41.8 Å². The van der Waals surface area contributed by atoms with Crippen LogP contribution in [-0.2, 0) is 31.4 Å². The van der Waals surface area contributed by atoms with E-state index in [9.17, 15) is 26.7 Å². The molecule has 0 radical (unpaired) electrons. The second-order valence-corrected chi connectivity index (χ2v) is 10.5. The van der Waals surface area contributed by atoms with Crippen LogP contribution in [-0.4, -0.2) is 46.7 Å². The zero-order valence-electron chi connectivity index (χ0n) is 14.9. The summed E-state index contributed by atoms with van der Waals surface area (Å²) in [4.78, 5) is 11.4. The molecule has 0 spiro atoms. The number of nitrogens with zero attached hydrogens (tertiary/aromatic N) is 1. The van der Waals surface area contributed by atoms with Gasteiger partial charge in [0.1, 0.15) is 12.3 Å². The SMILES string of the molecule is CS(=O)(=O)NC1CCCCC1Cc1ccc(N2CC(=O)NS2(=O)=O)c(O)c1. The zero-order chi connectivity index (χ0) is 19.8. The molecule has 2 aliphatic rings. The standard InChI is InChI=1S/C16H23N3O6S2/c1-26(22,23)17-13-5-3-2-4-12(13)8-11-6-7-14(15(20)9-11)19-10-16(21)18-27(19,24)25/h6-7,9,12-13,17,20H,2-5,8,10H2,1H3,(H,18,21). The molecule has 11 heteroatoms. The summed E-state index contributed by atoms with van der Waals surface area (Å²) < 4.78 is 52.4. The van der Waals surface area contributed by atoms with Crippen molar-refractivity contribution in [3.63, 3.8) is 0 Å². The summed E-state index contributed by atoms with van der Waals surface area (Å²) in [5, 5.41) is 10.3. The highest BCUT2D eigenvalue weighted by Crippen LogP contribution is 2.34. The number of benzene rings is 1. The van der Waals surface area contributed by atoms with E-state index in [1.807, 2.05) is 4.72 Å². The molecule has 1 aliphatic carbocycles. The van der Waals surface area contributed by atoms with E-state index < -0.39 is 26.1 Å². The van der Waals surface area contributed by atoms with E-state index >= 15 is 0 Å². The molecule has 2 fully saturated rings. The number of phenolic OH excluding ortho intramolecular Hbond substituents is 1. The fraction of sp³-hybridized carbons (Fsp3) is 0.562. The summed E-state index contributed by atoms with van der Waals surface area (Å²) in [7, 11) is -7.29. The third-order valence-electron chi connectivity index (χ3n) is 4.90. The van der Waals surface area contributed by atoms with Crippen molar-refractivity contribution in [2.45, 2.75) is 38.1 Å². The van der Waals surface area contributed by atoms with Gasteiger partial charge in [-0.05, 0) is 42.9 Å². The number of rotatable bonds is 5. The minimum absolute atomic E-state index is 0.0338. The van der Waals surface area contributed by atoms with Gasteiger partial charge >= 0.3 is 10.2 Å². The van der Waals surface area contributed by atoms with Gasteiger partial charge in [-0.2, -0.15) is 8.42 Å². The van der Waals surface area contributed by atoms with E-state index in [1.165, 1.54) is 12.1 Å². The predicted octanol–water partition coefficient (Wildman–Crippen LogP) is 0.224. The molecule has 3 rings (SSSR count). The number of anilines is 1. The summed E-state index contributed by atoms with van der Waals surface area (Å²) in [6, 6.07) is 4.47. The Balaban J connectivity index is 1.78. The number of carbonyl (C=O) groups is 1. The molecule has 1 heterocycles. The normalized spacial score (nSPS) is 25.4. The average Bonchev–Trinajstić information content (AvgIpc) is 2.80. The second-order valence-electron chi connectivity index (χ2n) is 7.11. The van der Waals surface area contributed by atoms with Crippen LogP contribution >= 0.6 is 0 Å². The zero-order valence-corrected chi connectivity index (χ0v) is 16.5. The van der Waals surface area contributed by atoms with Crippen molar-refractivity contribution in [2.75, 3.05) is 17.1 Å². The minimum atomic E-state index is -3.98. The number of hydrogen-bond acceptors (Lipinski definition) is 6. The fourth-order valence-corrected chi connectivity index (χ4v) is 5.78. The monoisotopic (exact) mass is 417 g/mol. The number of aromatic hydroxyl groups is 1. The number of sulfonamides is 1. The lowest BCUT2D eigenvalue weighted by Crippen LogP contribution is -2.42. The van der Waals surface area contributed by atoms with Gasteiger partial charge in [-0.15, -0.1) is 0 Å². The van der Waals surface area contributed by atoms with Gasteiger partial charge in [-0.25, -0.2) is 22.2 Å². The van der Waals surface area contributed by atoms with Gasteiger partial charge in [0.05, 0.1) is 11.9 Å². The third-order valence-corrected chi connectivity index (χ3v) is 7.02. The molecular formula is C16H23N3O6S2. The van der Waals surface area contributed by atoms with Crippen LogP contribution in [0, 0.1) is 5.92 Å². The van der Waals surface area contributed by atoms with Gasteiger partial charge in [-0.3, -0.25) is 4.79 Å². The first-order chi connectivity index (χ1) is 12.5. The van der Waals surface area contributed by atoms with Crippen molar-refractivity contribution in [1.29, 1.82) is 0 Å². The highest BCUT2D eigenvalue weighted by Gasteiger charge is 2.35. The minimum Gasteiger partial charge on any atom is -0.506 e. The van der Waals surface area contributed by atoms with E-state index in [4.69, 9.17) is 0 Å². The number of amides is 1. The maximum atomic E-state index is 11.9. The number of hydrogen-bond donors (Lipinski definition) is 3. The van der Waals surface area contributed by atoms with Gasteiger partial charge in [0.2, 0.25) is 10.0 Å². The lowest BCUT2D eigenvalue weighted by molar-refractivity contribution is -0.117. The quantitative estimate of drug-likeness (QED) is 0.628. The Kier molecular flexibility index (Phi) is 5.37. The fourth-order valence-electron chi connectivity index (χ4n) is 3.75. The molecular weight excluding hydrogens is 394 g/mol. The molecule has 9 nitrogen and oxygen atoms in total. The molecule has 0 aromatic heterocycles. The number of phenols is 1. The van der Waals surface area contributed by atoms with Crippen molar-refractivity contribution in [3.05, 3.63) is 23.8 Å². The van der Waals surface area contributed by atoms with E-state index in [-0.39, 0.29) is 29.9 Å². The van der Waals surface area contributed by atoms with Crippen LogP contribution in [0.4, 0.5) is 5.69 Å². The Morgan fingerprint density at radius 1 is 1.30 bits per heavy atom. The van der Waals surface area contributed by atoms with E-state index in [0.29, 0.717) is 6.42 Å². The van der Waals surface area contributed by atoms with Gasteiger partial charge in [0.15, 0.2) is 0 Å². The second kappa shape index (κ2) is 7.28. The summed E-state index contributed by atoms with van der Waals surface area (Å²) in [5.74, 6) is -0.802. The maximum absolute atomic E-state index is 11.9. The van der Waals surface area contributed by atoms with Gasteiger partial charge in [0.25, 0.3) is 5.91 Å². The molecule has 1 saturated heterocycles. The van der Waals surface area contributed by atoms with Crippen LogP contribution in [0.3, 0.4) is 0 Å². The summed E-state index contributed by atoms with van der Waals surface area (Å²) in [6.45, 7) is -0.377. The molecule has 1 aromatic carbocycles. The van der Waals surface area contributed by atoms with E-state index in [2.05, 4.69) is 4.72 Å². The highest BCUT2D eigenvalue weighted by atomic mass is 32.2. The van der Waals surface area contributed by atoms with Crippen LogP contribution in [0.5, 0.6) is 5.75 Å². The lowest BCUT2D eigenvalue weighted by atomic mass is 9.81. The van der Waals surface area contributed by atoms with E-state index in [1.54, 1.807) is 6.07 Å². The molecule has 1 aromatic rings. The van der Waals surface area contributed by atoms with Crippen molar-refractivity contribution in [1.82, 2.24) is 9.44 Å². The Labute approximate surface area is 159 Å². The molecule has 1 amide bonds. The van der Waals surface area contributed by atoms with Gasteiger partial charge in [0, 0.05) is 6.04 Å². The molecule has 1 saturated carbocycles. The Bertz CT molecular complexity index is 945. The average molecular weight is 418 g/mol. The molecule has 27 heavy (non-hydrogen) atoms. The Morgan fingerprint density at radius 3 is 2.59 bits per heavy atom. The summed E-state index contributed by atoms with van der Waals surface area (Å²) in [6.07, 6.45) is 5.31.